The zero-order chi connectivity index (χ0) is 8.81. The molecule has 1 aliphatic rings. The molecule has 0 aromatic rings. The largest absolute Gasteiger partial charge is 0.373 e. The van der Waals surface area contributed by atoms with Crippen molar-refractivity contribution in [3.63, 3.8) is 0 Å². The smallest absolute Gasteiger partial charge is 0.0845 e. The maximum absolute atomic E-state index is 5.64. The molecule has 0 bridgehead atoms. The summed E-state index contributed by atoms with van der Waals surface area (Å²) in [5.74, 6) is 0. The van der Waals surface area contributed by atoms with Gasteiger partial charge >= 0.3 is 0 Å². The molecule has 0 aromatic heterocycles. The van der Waals surface area contributed by atoms with Crippen LogP contribution >= 0.6 is 15.9 Å². The van der Waals surface area contributed by atoms with Gasteiger partial charge in [0, 0.05) is 5.33 Å². The fourth-order valence-corrected chi connectivity index (χ4v) is 2.00. The molecule has 72 valence electrons. The monoisotopic (exact) mass is 236 g/mol. The van der Waals surface area contributed by atoms with Crippen LogP contribution in [0.1, 0.15) is 26.2 Å². The van der Waals surface area contributed by atoms with Crippen LogP contribution in [0.15, 0.2) is 0 Å². The molecule has 1 aliphatic heterocycles. The van der Waals surface area contributed by atoms with Gasteiger partial charge in [-0.3, -0.25) is 0 Å². The van der Waals surface area contributed by atoms with Crippen LogP contribution in [0, 0.1) is 0 Å². The van der Waals surface area contributed by atoms with Crippen molar-refractivity contribution in [2.75, 3.05) is 18.5 Å². The van der Waals surface area contributed by atoms with Crippen molar-refractivity contribution in [3.8, 4) is 0 Å². The Labute approximate surface area is 82.7 Å². The molecule has 2 nitrogen and oxygen atoms in total. The Kier molecular flexibility index (Phi) is 5.19. The lowest BCUT2D eigenvalue weighted by Gasteiger charge is -2.31. The molecule has 1 rings (SSSR count). The molecule has 3 heteroatoms. The molecule has 0 unspecified atom stereocenters. The first-order valence-corrected chi connectivity index (χ1v) is 5.79. The molecule has 0 spiro atoms. The minimum absolute atomic E-state index is 0.318. The van der Waals surface area contributed by atoms with Gasteiger partial charge in [0.15, 0.2) is 0 Å². The molecule has 2 atom stereocenters. The van der Waals surface area contributed by atoms with Crippen molar-refractivity contribution in [2.45, 2.75) is 38.4 Å². The van der Waals surface area contributed by atoms with Crippen LogP contribution in [0.3, 0.4) is 0 Å². The number of halogens is 1. The lowest BCUT2D eigenvalue weighted by atomic mass is 10.1. The summed E-state index contributed by atoms with van der Waals surface area (Å²) in [6, 6.07) is 0. The van der Waals surface area contributed by atoms with Crippen molar-refractivity contribution in [2.24, 2.45) is 0 Å². The van der Waals surface area contributed by atoms with Crippen molar-refractivity contribution in [3.05, 3.63) is 0 Å². The van der Waals surface area contributed by atoms with E-state index in [1.54, 1.807) is 0 Å². The van der Waals surface area contributed by atoms with Crippen molar-refractivity contribution in [1.29, 1.82) is 0 Å². The van der Waals surface area contributed by atoms with Gasteiger partial charge in [-0.2, -0.15) is 0 Å². The Morgan fingerprint density at radius 3 is 2.25 bits per heavy atom. The lowest BCUT2D eigenvalue weighted by Crippen LogP contribution is -2.38. The molecule has 0 aliphatic carbocycles. The highest BCUT2D eigenvalue weighted by atomic mass is 79.9. The van der Waals surface area contributed by atoms with E-state index in [1.165, 1.54) is 6.42 Å². The Hall–Kier alpha value is 0.400. The zero-order valence-corrected chi connectivity index (χ0v) is 9.18. The first-order valence-electron chi connectivity index (χ1n) is 4.67. The molecule has 0 N–H and O–H groups in total. The first-order chi connectivity index (χ1) is 5.88. The molecule has 1 saturated heterocycles. The van der Waals surface area contributed by atoms with Crippen LogP contribution in [0.4, 0.5) is 0 Å². The Morgan fingerprint density at radius 1 is 1.17 bits per heavy atom. The van der Waals surface area contributed by atoms with Gasteiger partial charge in [0.05, 0.1) is 25.4 Å². The van der Waals surface area contributed by atoms with Gasteiger partial charge in [-0.1, -0.05) is 29.3 Å². The predicted molar refractivity (Wildman–Crippen MR) is 52.8 cm³/mol. The van der Waals surface area contributed by atoms with Crippen LogP contribution in [0.25, 0.3) is 0 Å². The third-order valence-electron chi connectivity index (χ3n) is 2.13. The summed E-state index contributed by atoms with van der Waals surface area (Å²) in [5, 5.41) is 1.00. The van der Waals surface area contributed by atoms with Gasteiger partial charge in [0.2, 0.25) is 0 Å². The highest BCUT2D eigenvalue weighted by Gasteiger charge is 2.24. The van der Waals surface area contributed by atoms with E-state index >= 15 is 0 Å². The second-order valence-corrected chi connectivity index (χ2v) is 3.88. The maximum Gasteiger partial charge on any atom is 0.0845 e. The molecular formula is C9H17BrO2. The Balaban J connectivity index is 2.31. The molecule has 12 heavy (non-hydrogen) atoms. The van der Waals surface area contributed by atoms with Crippen LogP contribution in [0.5, 0.6) is 0 Å². The third-order valence-corrected chi connectivity index (χ3v) is 2.59. The summed E-state index contributed by atoms with van der Waals surface area (Å²) in [4.78, 5) is 0. The van der Waals surface area contributed by atoms with Gasteiger partial charge < -0.3 is 9.47 Å². The third kappa shape index (κ3) is 3.04. The molecule has 1 heterocycles. The van der Waals surface area contributed by atoms with Gasteiger partial charge in [-0.05, 0) is 12.8 Å². The van der Waals surface area contributed by atoms with Crippen molar-refractivity contribution >= 4 is 15.9 Å². The summed E-state index contributed by atoms with van der Waals surface area (Å²) in [6.07, 6.45) is 4.01. The van der Waals surface area contributed by atoms with E-state index in [-0.39, 0.29) is 0 Å². The maximum atomic E-state index is 5.64. The van der Waals surface area contributed by atoms with Crippen molar-refractivity contribution < 1.29 is 9.47 Å². The Morgan fingerprint density at radius 2 is 1.75 bits per heavy atom. The Bertz CT molecular complexity index is 101. The van der Waals surface area contributed by atoms with E-state index in [2.05, 4.69) is 22.9 Å². The average Bonchev–Trinajstić information content (AvgIpc) is 2.09. The van der Waals surface area contributed by atoms with E-state index in [0.29, 0.717) is 12.2 Å². The van der Waals surface area contributed by atoms with E-state index < -0.39 is 0 Å². The SMILES string of the molecule is CCC[C@@H]1OCCO[C@H]1CCBr. The highest BCUT2D eigenvalue weighted by molar-refractivity contribution is 9.09. The highest BCUT2D eigenvalue weighted by Crippen LogP contribution is 2.18. The minimum Gasteiger partial charge on any atom is -0.373 e. The molecule has 0 amide bonds. The molecule has 0 aromatic carbocycles. The van der Waals surface area contributed by atoms with Crippen LogP contribution in [0.2, 0.25) is 0 Å². The predicted octanol–water partition coefficient (Wildman–Crippen LogP) is 2.36. The minimum atomic E-state index is 0.318. The summed E-state index contributed by atoms with van der Waals surface area (Å²) in [6.45, 7) is 3.71. The molecule has 0 radical (unpaired) electrons. The van der Waals surface area contributed by atoms with Crippen molar-refractivity contribution in [1.82, 2.24) is 0 Å². The van der Waals surface area contributed by atoms with Gasteiger partial charge in [-0.25, -0.2) is 0 Å². The number of ether oxygens (including phenoxy) is 2. The van der Waals surface area contributed by atoms with Gasteiger partial charge in [0.25, 0.3) is 0 Å². The second-order valence-electron chi connectivity index (χ2n) is 3.08. The molecule has 1 fully saturated rings. The fraction of sp³-hybridized carbons (Fsp3) is 1.00. The van der Waals surface area contributed by atoms with Gasteiger partial charge in [0.1, 0.15) is 0 Å². The molecule has 0 saturated carbocycles. The first kappa shape index (κ1) is 10.5. The van der Waals surface area contributed by atoms with Gasteiger partial charge in [-0.15, -0.1) is 0 Å². The summed E-state index contributed by atoms with van der Waals surface area (Å²) >= 11 is 3.43. The van der Waals surface area contributed by atoms with E-state index in [0.717, 1.165) is 31.4 Å². The van der Waals surface area contributed by atoms with Crippen LogP contribution in [-0.2, 0) is 9.47 Å². The quantitative estimate of drug-likeness (QED) is 0.699. The zero-order valence-electron chi connectivity index (χ0n) is 7.59. The standard InChI is InChI=1S/C9H17BrO2/c1-2-3-8-9(4-5-10)12-7-6-11-8/h8-9H,2-7H2,1H3/t8-,9-/m0/s1. The summed E-state index contributed by atoms with van der Waals surface area (Å²) in [7, 11) is 0. The average molecular weight is 237 g/mol. The topological polar surface area (TPSA) is 18.5 Å². The number of rotatable bonds is 4. The molecular weight excluding hydrogens is 220 g/mol. The summed E-state index contributed by atoms with van der Waals surface area (Å²) in [5.41, 5.74) is 0. The van der Waals surface area contributed by atoms with Crippen LogP contribution < -0.4 is 0 Å². The number of hydrogen-bond donors (Lipinski definition) is 0. The van der Waals surface area contributed by atoms with E-state index in [1.807, 2.05) is 0 Å². The van der Waals surface area contributed by atoms with E-state index in [9.17, 15) is 0 Å². The lowest BCUT2D eigenvalue weighted by molar-refractivity contribution is -0.142. The normalized spacial score (nSPS) is 30.5. The number of hydrogen-bond acceptors (Lipinski definition) is 2. The second kappa shape index (κ2) is 5.95. The number of alkyl halides is 1. The van der Waals surface area contributed by atoms with E-state index in [4.69, 9.17) is 9.47 Å². The summed E-state index contributed by atoms with van der Waals surface area (Å²) < 4.78 is 11.3. The fourth-order valence-electron chi connectivity index (χ4n) is 1.54. The van der Waals surface area contributed by atoms with Crippen LogP contribution in [-0.4, -0.2) is 30.8 Å².